The molecule has 6 nitrogen and oxygen atoms in total. The van der Waals surface area contributed by atoms with Gasteiger partial charge < -0.3 is 19.8 Å². The molecule has 0 aromatic carbocycles. The van der Waals surface area contributed by atoms with Crippen molar-refractivity contribution in [3.05, 3.63) is 0 Å². The van der Waals surface area contributed by atoms with E-state index in [1.807, 2.05) is 21.0 Å². The predicted molar refractivity (Wildman–Crippen MR) is 73.1 cm³/mol. The predicted octanol–water partition coefficient (Wildman–Crippen LogP) is 0.786. The summed E-state index contributed by atoms with van der Waals surface area (Å²) in [5.74, 6) is -1.20. The molecule has 1 heterocycles. The Morgan fingerprint density at radius 3 is 2.47 bits per heavy atom. The molecule has 1 unspecified atom stereocenters. The first kappa shape index (κ1) is 15.8. The van der Waals surface area contributed by atoms with E-state index >= 15 is 0 Å². The van der Waals surface area contributed by atoms with Crippen molar-refractivity contribution in [2.24, 2.45) is 5.92 Å². The lowest BCUT2D eigenvalue weighted by Gasteiger charge is -2.27. The second-order valence-corrected chi connectivity index (χ2v) is 5.29. The van der Waals surface area contributed by atoms with Gasteiger partial charge in [-0.05, 0) is 40.4 Å². The molecule has 0 aromatic heterocycles. The summed E-state index contributed by atoms with van der Waals surface area (Å²) in [6.07, 6.45) is 1.50. The minimum absolute atomic E-state index is 0.0231. The highest BCUT2D eigenvalue weighted by molar-refractivity contribution is 5.77. The molecule has 19 heavy (non-hydrogen) atoms. The van der Waals surface area contributed by atoms with E-state index in [9.17, 15) is 9.59 Å². The molecule has 110 valence electrons. The third-order valence-electron chi connectivity index (χ3n) is 3.49. The van der Waals surface area contributed by atoms with Crippen LogP contribution in [0.15, 0.2) is 0 Å². The van der Waals surface area contributed by atoms with E-state index in [4.69, 9.17) is 5.11 Å². The Morgan fingerprint density at radius 1 is 1.32 bits per heavy atom. The number of urea groups is 1. The zero-order valence-electron chi connectivity index (χ0n) is 12.1. The van der Waals surface area contributed by atoms with E-state index in [0.717, 1.165) is 19.5 Å². The fourth-order valence-electron chi connectivity index (χ4n) is 2.30. The molecule has 1 atom stereocenters. The summed E-state index contributed by atoms with van der Waals surface area (Å²) in [4.78, 5) is 28.7. The maximum absolute atomic E-state index is 12.3. The van der Waals surface area contributed by atoms with Gasteiger partial charge >= 0.3 is 12.0 Å². The number of aliphatic carboxylic acids is 1. The third-order valence-corrected chi connectivity index (χ3v) is 3.49. The lowest BCUT2D eigenvalue weighted by atomic mass is 10.1. The van der Waals surface area contributed by atoms with Crippen LogP contribution in [-0.2, 0) is 4.79 Å². The summed E-state index contributed by atoms with van der Waals surface area (Å²) < 4.78 is 0. The van der Waals surface area contributed by atoms with Gasteiger partial charge in [0.05, 0.1) is 5.92 Å². The second kappa shape index (κ2) is 7.33. The summed E-state index contributed by atoms with van der Waals surface area (Å²) in [6.45, 7) is 5.19. The SMILES string of the molecule is CCN(CCCN(C)C)C(=O)N1CCC(C(=O)O)C1. The van der Waals surface area contributed by atoms with Crippen LogP contribution in [0.5, 0.6) is 0 Å². The number of hydrogen-bond acceptors (Lipinski definition) is 3. The molecule has 1 N–H and O–H groups in total. The van der Waals surface area contributed by atoms with E-state index in [1.54, 1.807) is 9.80 Å². The van der Waals surface area contributed by atoms with Crippen molar-refractivity contribution < 1.29 is 14.7 Å². The molecule has 1 fully saturated rings. The number of carboxylic acids is 1. The fraction of sp³-hybridized carbons (Fsp3) is 0.846. The van der Waals surface area contributed by atoms with Crippen LogP contribution < -0.4 is 0 Å². The Balaban J connectivity index is 2.43. The molecular formula is C13H25N3O3. The highest BCUT2D eigenvalue weighted by atomic mass is 16.4. The lowest BCUT2D eigenvalue weighted by molar-refractivity contribution is -0.141. The van der Waals surface area contributed by atoms with Crippen LogP contribution in [0.25, 0.3) is 0 Å². The van der Waals surface area contributed by atoms with Crippen molar-refractivity contribution in [1.82, 2.24) is 14.7 Å². The number of hydrogen-bond donors (Lipinski definition) is 1. The van der Waals surface area contributed by atoms with Crippen molar-refractivity contribution in [3.63, 3.8) is 0 Å². The van der Waals surface area contributed by atoms with E-state index in [-0.39, 0.29) is 6.03 Å². The topological polar surface area (TPSA) is 64.1 Å². The summed E-state index contributed by atoms with van der Waals surface area (Å²) in [5, 5.41) is 8.95. The van der Waals surface area contributed by atoms with E-state index < -0.39 is 11.9 Å². The van der Waals surface area contributed by atoms with Crippen molar-refractivity contribution in [2.45, 2.75) is 19.8 Å². The quantitative estimate of drug-likeness (QED) is 0.775. The van der Waals surface area contributed by atoms with E-state index in [0.29, 0.717) is 26.1 Å². The van der Waals surface area contributed by atoms with Gasteiger partial charge in [-0.25, -0.2) is 4.79 Å². The smallest absolute Gasteiger partial charge is 0.320 e. The molecule has 6 heteroatoms. The van der Waals surface area contributed by atoms with Gasteiger partial charge in [0.1, 0.15) is 0 Å². The molecule has 1 aliphatic rings. The van der Waals surface area contributed by atoms with Gasteiger partial charge in [0.2, 0.25) is 0 Å². The molecule has 2 amide bonds. The van der Waals surface area contributed by atoms with Crippen molar-refractivity contribution in [3.8, 4) is 0 Å². The standard InChI is InChI=1S/C13H25N3O3/c1-4-15(8-5-7-14(2)3)13(19)16-9-6-11(10-16)12(17)18/h11H,4-10H2,1-3H3,(H,17,18). The monoisotopic (exact) mass is 271 g/mol. The van der Waals surface area contributed by atoms with Crippen LogP contribution in [0, 0.1) is 5.92 Å². The van der Waals surface area contributed by atoms with Gasteiger partial charge in [0.25, 0.3) is 0 Å². The molecule has 0 aromatic rings. The third kappa shape index (κ3) is 4.70. The molecule has 0 spiro atoms. The first-order valence-corrected chi connectivity index (χ1v) is 6.87. The number of likely N-dealkylation sites (tertiary alicyclic amines) is 1. The molecule has 0 aliphatic carbocycles. The Labute approximate surface area is 115 Å². The molecular weight excluding hydrogens is 246 g/mol. The van der Waals surface area contributed by atoms with Gasteiger partial charge in [0, 0.05) is 26.2 Å². The Hall–Kier alpha value is -1.30. The van der Waals surface area contributed by atoms with Crippen LogP contribution in [0.1, 0.15) is 19.8 Å². The van der Waals surface area contributed by atoms with Crippen LogP contribution in [-0.4, -0.2) is 78.6 Å². The van der Waals surface area contributed by atoms with Crippen molar-refractivity contribution >= 4 is 12.0 Å². The maximum Gasteiger partial charge on any atom is 0.320 e. The van der Waals surface area contributed by atoms with Crippen LogP contribution >= 0.6 is 0 Å². The normalized spacial score (nSPS) is 18.9. The molecule has 0 bridgehead atoms. The minimum atomic E-state index is -0.800. The number of amides is 2. The average molecular weight is 271 g/mol. The minimum Gasteiger partial charge on any atom is -0.481 e. The molecule has 1 aliphatic heterocycles. The van der Waals surface area contributed by atoms with Gasteiger partial charge in [-0.2, -0.15) is 0 Å². The zero-order chi connectivity index (χ0) is 14.4. The van der Waals surface area contributed by atoms with Gasteiger partial charge in [-0.15, -0.1) is 0 Å². The Kier molecular flexibility index (Phi) is 6.08. The first-order chi connectivity index (χ1) is 8.95. The summed E-state index contributed by atoms with van der Waals surface area (Å²) in [6, 6.07) is -0.0231. The van der Waals surface area contributed by atoms with E-state index in [1.165, 1.54) is 0 Å². The fourth-order valence-corrected chi connectivity index (χ4v) is 2.30. The largest absolute Gasteiger partial charge is 0.481 e. The molecule has 1 rings (SSSR count). The van der Waals surface area contributed by atoms with E-state index in [2.05, 4.69) is 4.90 Å². The molecule has 0 radical (unpaired) electrons. The van der Waals surface area contributed by atoms with Gasteiger partial charge in [-0.3, -0.25) is 4.79 Å². The average Bonchev–Trinajstić information content (AvgIpc) is 2.83. The van der Waals surface area contributed by atoms with Crippen LogP contribution in [0.4, 0.5) is 4.79 Å². The number of carbonyl (C=O) groups excluding carboxylic acids is 1. The van der Waals surface area contributed by atoms with Gasteiger partial charge in [0.15, 0.2) is 0 Å². The second-order valence-electron chi connectivity index (χ2n) is 5.29. The number of carboxylic acid groups (broad SMARTS) is 1. The number of carbonyl (C=O) groups is 2. The van der Waals surface area contributed by atoms with Gasteiger partial charge in [-0.1, -0.05) is 0 Å². The molecule has 0 saturated carbocycles. The zero-order valence-corrected chi connectivity index (χ0v) is 12.1. The van der Waals surface area contributed by atoms with Crippen LogP contribution in [0.2, 0.25) is 0 Å². The summed E-state index contributed by atoms with van der Waals surface area (Å²) in [7, 11) is 4.02. The summed E-state index contributed by atoms with van der Waals surface area (Å²) in [5.41, 5.74) is 0. The highest BCUT2D eigenvalue weighted by Crippen LogP contribution is 2.18. The van der Waals surface area contributed by atoms with Crippen molar-refractivity contribution in [1.29, 1.82) is 0 Å². The highest BCUT2D eigenvalue weighted by Gasteiger charge is 2.32. The van der Waals surface area contributed by atoms with Crippen molar-refractivity contribution in [2.75, 3.05) is 46.8 Å². The lowest BCUT2D eigenvalue weighted by Crippen LogP contribution is -2.43. The Bertz CT molecular complexity index is 320. The summed E-state index contributed by atoms with van der Waals surface area (Å²) >= 11 is 0. The molecule has 1 saturated heterocycles. The maximum atomic E-state index is 12.3. The first-order valence-electron chi connectivity index (χ1n) is 6.87. The number of nitrogens with zero attached hydrogens (tertiary/aromatic N) is 3. The number of rotatable bonds is 6. The van der Waals surface area contributed by atoms with Crippen LogP contribution in [0.3, 0.4) is 0 Å². The Morgan fingerprint density at radius 2 is 2.00 bits per heavy atom.